The lowest BCUT2D eigenvalue weighted by Gasteiger charge is -2.30. The van der Waals surface area contributed by atoms with Crippen LogP contribution in [0.5, 0.6) is 11.5 Å². The van der Waals surface area contributed by atoms with Gasteiger partial charge in [0.2, 0.25) is 0 Å². The van der Waals surface area contributed by atoms with Crippen LogP contribution in [0.15, 0.2) is 30.3 Å². The monoisotopic (exact) mass is 323 g/mol. The number of amides is 1. The molecule has 0 saturated heterocycles. The Balaban J connectivity index is 1.59. The van der Waals surface area contributed by atoms with Gasteiger partial charge in [0.25, 0.3) is 5.91 Å². The van der Waals surface area contributed by atoms with E-state index >= 15 is 0 Å². The van der Waals surface area contributed by atoms with Crippen molar-refractivity contribution in [1.82, 2.24) is 4.90 Å². The third-order valence-electron chi connectivity index (χ3n) is 4.92. The van der Waals surface area contributed by atoms with Gasteiger partial charge in [-0.15, -0.1) is 0 Å². The maximum Gasteiger partial charge on any atom is 0.254 e. The van der Waals surface area contributed by atoms with Crippen molar-refractivity contribution in [2.45, 2.75) is 26.8 Å². The van der Waals surface area contributed by atoms with Crippen LogP contribution in [0.4, 0.5) is 0 Å². The Kier molecular flexibility index (Phi) is 3.68. The van der Waals surface area contributed by atoms with Crippen molar-refractivity contribution in [1.29, 1.82) is 0 Å². The molecule has 4 heteroatoms. The Bertz CT molecular complexity index is 813. The van der Waals surface area contributed by atoms with Gasteiger partial charge >= 0.3 is 0 Å². The molecule has 0 atom stereocenters. The standard InChI is InChI=1S/C20H21NO3/c1-13-3-4-16(9-14(13)2)20(22)21-6-5-15-10-18-19(11-17(15)12-21)24-8-7-23-18/h3-4,9-11H,5-8,12H2,1-2H3. The molecule has 0 aliphatic carbocycles. The highest BCUT2D eigenvalue weighted by Crippen LogP contribution is 2.35. The molecule has 0 spiro atoms. The fraction of sp³-hybridized carbons (Fsp3) is 0.350. The van der Waals surface area contributed by atoms with E-state index in [1.54, 1.807) is 0 Å². The average molecular weight is 323 g/mol. The van der Waals surface area contributed by atoms with Crippen molar-refractivity contribution in [2.75, 3.05) is 19.8 Å². The predicted molar refractivity (Wildman–Crippen MR) is 91.8 cm³/mol. The molecule has 2 aliphatic rings. The van der Waals surface area contributed by atoms with E-state index in [1.165, 1.54) is 11.1 Å². The number of hydrogen-bond acceptors (Lipinski definition) is 3. The van der Waals surface area contributed by atoms with Gasteiger partial charge in [-0.25, -0.2) is 0 Å². The fourth-order valence-corrected chi connectivity index (χ4v) is 3.32. The lowest BCUT2D eigenvalue weighted by molar-refractivity contribution is 0.0733. The molecule has 0 bridgehead atoms. The van der Waals surface area contributed by atoms with E-state index in [9.17, 15) is 4.79 Å². The minimum Gasteiger partial charge on any atom is -0.486 e. The van der Waals surface area contributed by atoms with E-state index in [-0.39, 0.29) is 5.91 Å². The molecule has 0 unspecified atom stereocenters. The lowest BCUT2D eigenvalue weighted by atomic mass is 9.97. The molecule has 1 amide bonds. The van der Waals surface area contributed by atoms with Crippen molar-refractivity contribution in [3.05, 3.63) is 58.1 Å². The highest BCUT2D eigenvalue weighted by Gasteiger charge is 2.24. The summed E-state index contributed by atoms with van der Waals surface area (Å²) in [6.07, 6.45) is 0.850. The van der Waals surface area contributed by atoms with E-state index in [0.29, 0.717) is 19.8 Å². The largest absolute Gasteiger partial charge is 0.486 e. The zero-order chi connectivity index (χ0) is 16.7. The van der Waals surface area contributed by atoms with Crippen LogP contribution in [-0.4, -0.2) is 30.6 Å². The van der Waals surface area contributed by atoms with Gasteiger partial charge in [-0.3, -0.25) is 4.79 Å². The Morgan fingerprint density at radius 3 is 2.38 bits per heavy atom. The number of rotatable bonds is 1. The first-order valence-corrected chi connectivity index (χ1v) is 8.40. The van der Waals surface area contributed by atoms with Gasteiger partial charge in [-0.2, -0.15) is 0 Å². The third-order valence-corrected chi connectivity index (χ3v) is 4.92. The fourth-order valence-electron chi connectivity index (χ4n) is 3.32. The molecule has 4 nitrogen and oxygen atoms in total. The highest BCUT2D eigenvalue weighted by molar-refractivity contribution is 5.94. The van der Waals surface area contributed by atoms with Crippen molar-refractivity contribution in [2.24, 2.45) is 0 Å². The van der Waals surface area contributed by atoms with Gasteiger partial charge in [0, 0.05) is 18.7 Å². The van der Waals surface area contributed by atoms with Crippen LogP contribution in [0.25, 0.3) is 0 Å². The topological polar surface area (TPSA) is 38.8 Å². The minimum absolute atomic E-state index is 0.0960. The van der Waals surface area contributed by atoms with Crippen LogP contribution >= 0.6 is 0 Å². The van der Waals surface area contributed by atoms with E-state index in [4.69, 9.17) is 9.47 Å². The van der Waals surface area contributed by atoms with E-state index < -0.39 is 0 Å². The summed E-state index contributed by atoms with van der Waals surface area (Å²) in [7, 11) is 0. The van der Waals surface area contributed by atoms with Crippen molar-refractivity contribution in [3.8, 4) is 11.5 Å². The molecule has 24 heavy (non-hydrogen) atoms. The zero-order valence-corrected chi connectivity index (χ0v) is 14.1. The first kappa shape index (κ1) is 15.1. The second-order valence-electron chi connectivity index (χ2n) is 6.54. The second-order valence-corrected chi connectivity index (χ2v) is 6.54. The van der Waals surface area contributed by atoms with Gasteiger partial charge < -0.3 is 14.4 Å². The maximum absolute atomic E-state index is 12.8. The SMILES string of the molecule is Cc1ccc(C(=O)N2CCc3cc4c(cc3C2)OCCO4)cc1C. The Morgan fingerprint density at radius 1 is 0.958 bits per heavy atom. The van der Waals surface area contributed by atoms with E-state index in [1.807, 2.05) is 36.1 Å². The number of ether oxygens (including phenoxy) is 2. The van der Waals surface area contributed by atoms with Crippen molar-refractivity contribution < 1.29 is 14.3 Å². The smallest absolute Gasteiger partial charge is 0.254 e. The van der Waals surface area contributed by atoms with Crippen LogP contribution in [0.3, 0.4) is 0 Å². The first-order chi connectivity index (χ1) is 11.6. The summed E-state index contributed by atoms with van der Waals surface area (Å²) >= 11 is 0. The van der Waals surface area contributed by atoms with Gasteiger partial charge in [-0.1, -0.05) is 6.07 Å². The maximum atomic E-state index is 12.8. The Morgan fingerprint density at radius 2 is 1.67 bits per heavy atom. The molecule has 2 aliphatic heterocycles. The number of aryl methyl sites for hydroxylation is 2. The highest BCUT2D eigenvalue weighted by atomic mass is 16.6. The molecule has 0 N–H and O–H groups in total. The number of fused-ring (bicyclic) bond motifs is 2. The van der Waals surface area contributed by atoms with Crippen LogP contribution in [0.2, 0.25) is 0 Å². The molecule has 0 saturated carbocycles. The lowest BCUT2D eigenvalue weighted by Crippen LogP contribution is -2.36. The number of nitrogens with zero attached hydrogens (tertiary/aromatic N) is 1. The number of benzene rings is 2. The molecule has 0 aromatic heterocycles. The molecule has 2 heterocycles. The number of carbonyl (C=O) groups is 1. The van der Waals surface area contributed by atoms with Crippen LogP contribution in [0, 0.1) is 13.8 Å². The van der Waals surface area contributed by atoms with Crippen molar-refractivity contribution in [3.63, 3.8) is 0 Å². The van der Waals surface area contributed by atoms with Crippen LogP contribution < -0.4 is 9.47 Å². The molecule has 2 aromatic carbocycles. The molecular formula is C20H21NO3. The summed E-state index contributed by atoms with van der Waals surface area (Å²) in [5, 5.41) is 0. The molecule has 0 fully saturated rings. The Labute approximate surface area is 142 Å². The van der Waals surface area contributed by atoms with E-state index in [2.05, 4.69) is 13.0 Å². The summed E-state index contributed by atoms with van der Waals surface area (Å²) in [5.41, 5.74) is 5.53. The Hall–Kier alpha value is -2.49. The van der Waals surface area contributed by atoms with Crippen LogP contribution in [0.1, 0.15) is 32.6 Å². The van der Waals surface area contributed by atoms with Crippen molar-refractivity contribution >= 4 is 5.91 Å². The van der Waals surface area contributed by atoms with Gasteiger partial charge in [0.15, 0.2) is 11.5 Å². The normalized spacial score (nSPS) is 15.8. The summed E-state index contributed by atoms with van der Waals surface area (Å²) in [6.45, 7) is 6.64. The molecular weight excluding hydrogens is 302 g/mol. The van der Waals surface area contributed by atoms with Gasteiger partial charge in [0.1, 0.15) is 13.2 Å². The van der Waals surface area contributed by atoms with Gasteiger partial charge in [0.05, 0.1) is 0 Å². The minimum atomic E-state index is 0.0960. The average Bonchev–Trinajstić information content (AvgIpc) is 2.61. The van der Waals surface area contributed by atoms with Gasteiger partial charge in [-0.05, 0) is 66.8 Å². The molecule has 0 radical (unpaired) electrons. The molecule has 4 rings (SSSR count). The quantitative estimate of drug-likeness (QED) is 0.808. The summed E-state index contributed by atoms with van der Waals surface area (Å²) in [4.78, 5) is 14.8. The third kappa shape index (κ3) is 2.62. The number of carbonyl (C=O) groups excluding carboxylic acids is 1. The second kappa shape index (κ2) is 5.86. The summed E-state index contributed by atoms with van der Waals surface area (Å²) in [5.74, 6) is 1.72. The molecule has 124 valence electrons. The summed E-state index contributed by atoms with van der Waals surface area (Å²) < 4.78 is 11.3. The predicted octanol–water partition coefficient (Wildman–Crippen LogP) is 3.27. The molecule has 2 aromatic rings. The first-order valence-electron chi connectivity index (χ1n) is 8.40. The number of hydrogen-bond donors (Lipinski definition) is 0. The zero-order valence-electron chi connectivity index (χ0n) is 14.1. The van der Waals surface area contributed by atoms with E-state index in [0.717, 1.165) is 41.2 Å². The van der Waals surface area contributed by atoms with Crippen LogP contribution in [-0.2, 0) is 13.0 Å². The summed E-state index contributed by atoms with van der Waals surface area (Å²) in [6, 6.07) is 10.0.